The molecule has 0 saturated carbocycles. The predicted molar refractivity (Wildman–Crippen MR) is 77.5 cm³/mol. The van der Waals surface area contributed by atoms with Gasteiger partial charge in [0.05, 0.1) is 20.3 Å². The van der Waals surface area contributed by atoms with E-state index in [2.05, 4.69) is 5.32 Å². The first-order valence-electron chi connectivity index (χ1n) is 6.48. The summed E-state index contributed by atoms with van der Waals surface area (Å²) in [4.78, 5) is 0. The Morgan fingerprint density at radius 1 is 1.10 bits per heavy atom. The van der Waals surface area contributed by atoms with Crippen molar-refractivity contribution in [2.24, 2.45) is 0 Å². The summed E-state index contributed by atoms with van der Waals surface area (Å²) >= 11 is 0. The Labute approximate surface area is 118 Å². The standard InChI is InChI=1S/C16H18FNO2/c1-19-16-7-2-4-13(10-16)12-20-9-8-18-15-6-3-5-14(17)11-15/h2-7,10-11,18H,8-9,12H2,1H3. The molecule has 2 aromatic carbocycles. The van der Waals surface area contributed by atoms with Gasteiger partial charge in [-0.1, -0.05) is 18.2 Å². The lowest BCUT2D eigenvalue weighted by Crippen LogP contribution is -2.09. The van der Waals surface area contributed by atoms with Crippen LogP contribution in [0.2, 0.25) is 0 Å². The second-order valence-electron chi connectivity index (χ2n) is 4.34. The number of nitrogens with one attached hydrogen (secondary N) is 1. The molecule has 0 aliphatic rings. The molecule has 2 aromatic rings. The van der Waals surface area contributed by atoms with E-state index in [4.69, 9.17) is 9.47 Å². The lowest BCUT2D eigenvalue weighted by molar-refractivity contribution is 0.130. The van der Waals surface area contributed by atoms with Crippen molar-refractivity contribution < 1.29 is 13.9 Å². The second kappa shape index (κ2) is 7.50. The Balaban J connectivity index is 1.68. The van der Waals surface area contributed by atoms with Gasteiger partial charge in [-0.2, -0.15) is 0 Å². The molecule has 0 spiro atoms. The molecule has 0 aliphatic heterocycles. The van der Waals surface area contributed by atoms with Crippen LogP contribution < -0.4 is 10.1 Å². The predicted octanol–water partition coefficient (Wildman–Crippen LogP) is 3.46. The smallest absolute Gasteiger partial charge is 0.125 e. The minimum absolute atomic E-state index is 0.243. The summed E-state index contributed by atoms with van der Waals surface area (Å²) in [5.41, 5.74) is 1.82. The third-order valence-corrected chi connectivity index (χ3v) is 2.80. The molecule has 2 rings (SSSR count). The lowest BCUT2D eigenvalue weighted by Gasteiger charge is -2.08. The first-order chi connectivity index (χ1) is 9.78. The number of rotatable bonds is 7. The van der Waals surface area contributed by atoms with Crippen molar-refractivity contribution in [1.82, 2.24) is 0 Å². The summed E-state index contributed by atoms with van der Waals surface area (Å²) in [5, 5.41) is 3.10. The van der Waals surface area contributed by atoms with Gasteiger partial charge in [-0.25, -0.2) is 4.39 Å². The minimum Gasteiger partial charge on any atom is -0.497 e. The van der Waals surface area contributed by atoms with Crippen LogP contribution >= 0.6 is 0 Å². The van der Waals surface area contributed by atoms with Gasteiger partial charge < -0.3 is 14.8 Å². The molecule has 0 atom stereocenters. The number of ether oxygens (including phenoxy) is 2. The maximum absolute atomic E-state index is 13.0. The van der Waals surface area contributed by atoms with Crippen LogP contribution in [-0.2, 0) is 11.3 Å². The highest BCUT2D eigenvalue weighted by molar-refractivity contribution is 5.42. The molecule has 0 heterocycles. The quantitative estimate of drug-likeness (QED) is 0.785. The van der Waals surface area contributed by atoms with E-state index >= 15 is 0 Å². The van der Waals surface area contributed by atoms with Crippen LogP contribution in [0.4, 0.5) is 10.1 Å². The molecule has 0 aliphatic carbocycles. The maximum Gasteiger partial charge on any atom is 0.125 e. The van der Waals surface area contributed by atoms with Crippen LogP contribution in [0.3, 0.4) is 0 Å². The topological polar surface area (TPSA) is 30.5 Å². The van der Waals surface area contributed by atoms with Crippen molar-refractivity contribution in [3.8, 4) is 5.75 Å². The third-order valence-electron chi connectivity index (χ3n) is 2.80. The van der Waals surface area contributed by atoms with Gasteiger partial charge >= 0.3 is 0 Å². The Bertz CT molecular complexity index is 546. The van der Waals surface area contributed by atoms with Crippen molar-refractivity contribution >= 4 is 5.69 Å². The Hall–Kier alpha value is -2.07. The number of anilines is 1. The molecule has 0 fully saturated rings. The largest absolute Gasteiger partial charge is 0.497 e. The molecule has 1 N–H and O–H groups in total. The van der Waals surface area contributed by atoms with Crippen molar-refractivity contribution in [2.45, 2.75) is 6.61 Å². The first kappa shape index (κ1) is 14.3. The zero-order valence-corrected chi connectivity index (χ0v) is 11.4. The zero-order valence-electron chi connectivity index (χ0n) is 11.4. The Kier molecular flexibility index (Phi) is 5.38. The molecule has 3 nitrogen and oxygen atoms in total. The van der Waals surface area contributed by atoms with Gasteiger partial charge in [-0.3, -0.25) is 0 Å². The van der Waals surface area contributed by atoms with E-state index in [1.54, 1.807) is 13.2 Å². The van der Waals surface area contributed by atoms with Crippen LogP contribution in [0.1, 0.15) is 5.56 Å². The van der Waals surface area contributed by atoms with Gasteiger partial charge in [0.15, 0.2) is 0 Å². The van der Waals surface area contributed by atoms with Gasteiger partial charge in [0, 0.05) is 12.2 Å². The van der Waals surface area contributed by atoms with Gasteiger partial charge in [0.2, 0.25) is 0 Å². The molecular weight excluding hydrogens is 257 g/mol. The average molecular weight is 275 g/mol. The number of hydrogen-bond donors (Lipinski definition) is 1. The Morgan fingerprint density at radius 2 is 1.95 bits per heavy atom. The summed E-state index contributed by atoms with van der Waals surface area (Å²) in [6, 6.07) is 14.1. The number of halogens is 1. The Morgan fingerprint density at radius 3 is 2.75 bits per heavy atom. The van der Waals surface area contributed by atoms with E-state index in [0.29, 0.717) is 19.8 Å². The van der Waals surface area contributed by atoms with E-state index in [-0.39, 0.29) is 5.82 Å². The van der Waals surface area contributed by atoms with Gasteiger partial charge in [0.1, 0.15) is 11.6 Å². The fraction of sp³-hybridized carbons (Fsp3) is 0.250. The number of benzene rings is 2. The SMILES string of the molecule is COc1cccc(COCCNc2cccc(F)c2)c1. The second-order valence-corrected chi connectivity index (χ2v) is 4.34. The van der Waals surface area contributed by atoms with E-state index in [9.17, 15) is 4.39 Å². The average Bonchev–Trinajstić information content (AvgIpc) is 2.47. The first-order valence-corrected chi connectivity index (χ1v) is 6.48. The fourth-order valence-electron chi connectivity index (χ4n) is 1.82. The third kappa shape index (κ3) is 4.55. The van der Waals surface area contributed by atoms with Gasteiger partial charge in [-0.15, -0.1) is 0 Å². The monoisotopic (exact) mass is 275 g/mol. The molecule has 0 amide bonds. The van der Waals surface area contributed by atoms with Crippen LogP contribution in [0.15, 0.2) is 48.5 Å². The summed E-state index contributed by atoms with van der Waals surface area (Å²) in [7, 11) is 1.64. The normalized spacial score (nSPS) is 10.3. The summed E-state index contributed by atoms with van der Waals surface area (Å²) in [6.45, 7) is 1.71. The highest BCUT2D eigenvalue weighted by Crippen LogP contribution is 2.13. The van der Waals surface area contributed by atoms with E-state index in [1.165, 1.54) is 12.1 Å². The molecule has 0 saturated heterocycles. The molecule has 0 bridgehead atoms. The molecule has 4 heteroatoms. The van der Waals surface area contributed by atoms with Crippen molar-refractivity contribution in [3.63, 3.8) is 0 Å². The van der Waals surface area contributed by atoms with E-state index in [0.717, 1.165) is 17.0 Å². The number of hydrogen-bond acceptors (Lipinski definition) is 3. The summed E-state index contributed by atoms with van der Waals surface area (Å²) < 4.78 is 23.7. The molecule has 106 valence electrons. The van der Waals surface area contributed by atoms with Crippen LogP contribution in [-0.4, -0.2) is 20.3 Å². The van der Waals surface area contributed by atoms with Gasteiger partial charge in [0.25, 0.3) is 0 Å². The zero-order chi connectivity index (χ0) is 14.2. The molecule has 0 radical (unpaired) electrons. The van der Waals surface area contributed by atoms with Crippen molar-refractivity contribution in [3.05, 3.63) is 59.9 Å². The van der Waals surface area contributed by atoms with E-state index < -0.39 is 0 Å². The van der Waals surface area contributed by atoms with Crippen molar-refractivity contribution in [2.75, 3.05) is 25.6 Å². The van der Waals surface area contributed by atoms with Crippen molar-refractivity contribution in [1.29, 1.82) is 0 Å². The highest BCUT2D eigenvalue weighted by Gasteiger charge is 1.97. The maximum atomic E-state index is 13.0. The van der Waals surface area contributed by atoms with Gasteiger partial charge in [-0.05, 0) is 35.9 Å². The van der Waals surface area contributed by atoms with Crippen LogP contribution in [0, 0.1) is 5.82 Å². The summed E-state index contributed by atoms with van der Waals surface area (Å²) in [6.07, 6.45) is 0. The molecule has 0 aromatic heterocycles. The van der Waals surface area contributed by atoms with Crippen LogP contribution in [0.5, 0.6) is 5.75 Å². The minimum atomic E-state index is -0.243. The summed E-state index contributed by atoms with van der Waals surface area (Å²) in [5.74, 6) is 0.580. The lowest BCUT2D eigenvalue weighted by atomic mass is 10.2. The highest BCUT2D eigenvalue weighted by atomic mass is 19.1. The van der Waals surface area contributed by atoms with Crippen LogP contribution in [0.25, 0.3) is 0 Å². The van der Waals surface area contributed by atoms with E-state index in [1.807, 2.05) is 30.3 Å². The molecule has 20 heavy (non-hydrogen) atoms. The molecular formula is C16H18FNO2. The fourth-order valence-corrected chi connectivity index (χ4v) is 1.82. The molecule has 0 unspecified atom stereocenters. The number of methoxy groups -OCH3 is 1.